The van der Waals surface area contributed by atoms with Gasteiger partial charge in [-0.3, -0.25) is 0 Å². The molecule has 0 saturated heterocycles. The van der Waals surface area contributed by atoms with Gasteiger partial charge in [0.1, 0.15) is 11.7 Å². The van der Waals surface area contributed by atoms with Crippen molar-refractivity contribution in [2.75, 3.05) is 20.1 Å². The minimum Gasteiger partial charge on any atom is -0.444 e. The third kappa shape index (κ3) is 6.05. The molecular weight excluding hydrogens is 514 g/mol. The van der Waals surface area contributed by atoms with E-state index in [1.165, 1.54) is 27.8 Å². The zero-order chi connectivity index (χ0) is 28.4. The van der Waals surface area contributed by atoms with Crippen molar-refractivity contribution >= 4 is 29.0 Å². The van der Waals surface area contributed by atoms with Crippen molar-refractivity contribution in [3.63, 3.8) is 0 Å². The van der Waals surface area contributed by atoms with Crippen molar-refractivity contribution < 1.29 is 9.53 Å². The Labute approximate surface area is 242 Å². The van der Waals surface area contributed by atoms with Crippen LogP contribution in [-0.4, -0.2) is 41.6 Å². The maximum atomic E-state index is 12.5. The van der Waals surface area contributed by atoms with Gasteiger partial charge in [0, 0.05) is 25.7 Å². The highest BCUT2D eigenvalue weighted by atomic mass is 32.2. The first-order valence-corrected chi connectivity index (χ1v) is 14.8. The molecule has 206 valence electrons. The van der Waals surface area contributed by atoms with E-state index in [1.807, 2.05) is 26.8 Å². The maximum absolute atomic E-state index is 12.5. The van der Waals surface area contributed by atoms with E-state index in [-0.39, 0.29) is 12.1 Å². The van der Waals surface area contributed by atoms with Gasteiger partial charge >= 0.3 is 6.09 Å². The molecule has 1 unspecified atom stereocenters. The van der Waals surface area contributed by atoms with Gasteiger partial charge in [-0.1, -0.05) is 72.0 Å². The van der Waals surface area contributed by atoms with Crippen LogP contribution in [0.5, 0.6) is 0 Å². The molecule has 0 bridgehead atoms. The van der Waals surface area contributed by atoms with Crippen LogP contribution in [0.1, 0.15) is 67.5 Å². The molecule has 0 radical (unpaired) electrons. The highest BCUT2D eigenvalue weighted by Gasteiger charge is 2.30. The number of allylic oxidation sites excluding steroid dienone is 5. The summed E-state index contributed by atoms with van der Waals surface area (Å²) in [5, 5.41) is 11.1. The summed E-state index contributed by atoms with van der Waals surface area (Å²) >= 11 is 1.55. The first-order valence-electron chi connectivity index (χ1n) is 13.9. The van der Waals surface area contributed by atoms with Crippen LogP contribution in [0.15, 0.2) is 76.7 Å². The second-order valence-corrected chi connectivity index (χ2v) is 12.7. The number of carbonyl (C=O) groups is 1. The van der Waals surface area contributed by atoms with Gasteiger partial charge in [-0.05, 0) is 86.9 Å². The molecule has 5 rings (SSSR count). The number of fused-ring (bicyclic) bond motifs is 1. The predicted molar refractivity (Wildman–Crippen MR) is 164 cm³/mol. The lowest BCUT2D eigenvalue weighted by Gasteiger charge is -2.30. The highest BCUT2D eigenvalue weighted by molar-refractivity contribution is 8.07. The lowest BCUT2D eigenvalue weighted by atomic mass is 9.95. The van der Waals surface area contributed by atoms with Gasteiger partial charge in [0.05, 0.1) is 16.0 Å². The lowest BCUT2D eigenvalue weighted by Crippen LogP contribution is -2.39. The number of benzene rings is 2. The minimum atomic E-state index is -0.491. The number of nitriles is 1. The second kappa shape index (κ2) is 11.4. The molecule has 1 amide bonds. The summed E-state index contributed by atoms with van der Waals surface area (Å²) in [6.45, 7) is 8.98. The molecule has 0 N–H and O–H groups in total. The normalized spacial score (nSPS) is 18.9. The van der Waals surface area contributed by atoms with E-state index >= 15 is 0 Å². The molecule has 2 aliphatic heterocycles. The van der Waals surface area contributed by atoms with E-state index < -0.39 is 5.60 Å². The maximum Gasteiger partial charge on any atom is 0.410 e. The molecule has 0 aromatic heterocycles. The largest absolute Gasteiger partial charge is 0.444 e. The van der Waals surface area contributed by atoms with Crippen molar-refractivity contribution in [2.45, 2.75) is 58.6 Å². The zero-order valence-electron chi connectivity index (χ0n) is 24.0. The van der Waals surface area contributed by atoms with Crippen LogP contribution in [0.25, 0.3) is 11.1 Å². The summed E-state index contributed by atoms with van der Waals surface area (Å²) in [5.41, 5.74) is 7.98. The summed E-state index contributed by atoms with van der Waals surface area (Å²) in [6.07, 6.45) is 11.0. The Hall–Kier alpha value is -3.69. The van der Waals surface area contributed by atoms with Crippen LogP contribution in [0.2, 0.25) is 0 Å². The minimum absolute atomic E-state index is 0.241. The third-order valence-electron chi connectivity index (χ3n) is 7.66. The Morgan fingerprint density at radius 2 is 1.88 bits per heavy atom. The molecule has 40 heavy (non-hydrogen) atoms. The number of thioether (sulfide) groups is 1. The molecule has 1 aliphatic carbocycles. The highest BCUT2D eigenvalue weighted by Crippen LogP contribution is 2.44. The number of hydrogen-bond donors (Lipinski definition) is 0. The topological polar surface area (TPSA) is 56.6 Å². The number of ether oxygens (including phenoxy) is 1. The quantitative estimate of drug-likeness (QED) is 0.385. The van der Waals surface area contributed by atoms with Crippen LogP contribution in [0, 0.1) is 18.3 Å². The molecule has 2 heterocycles. The van der Waals surface area contributed by atoms with Crippen molar-refractivity contribution in [1.82, 2.24) is 9.80 Å². The van der Waals surface area contributed by atoms with Crippen molar-refractivity contribution in [3.8, 4) is 6.07 Å². The summed E-state index contributed by atoms with van der Waals surface area (Å²) in [4.78, 5) is 17.3. The fourth-order valence-electron chi connectivity index (χ4n) is 5.49. The van der Waals surface area contributed by atoms with Crippen LogP contribution in [-0.2, 0) is 11.2 Å². The smallest absolute Gasteiger partial charge is 0.410 e. The molecule has 2 aromatic carbocycles. The van der Waals surface area contributed by atoms with Gasteiger partial charge in [-0.15, -0.1) is 0 Å². The number of aryl methyl sites for hydroxylation is 2. The molecule has 0 saturated carbocycles. The van der Waals surface area contributed by atoms with Crippen LogP contribution in [0.4, 0.5) is 4.79 Å². The Morgan fingerprint density at radius 3 is 2.55 bits per heavy atom. The van der Waals surface area contributed by atoms with Crippen molar-refractivity contribution in [2.24, 2.45) is 0 Å². The van der Waals surface area contributed by atoms with Gasteiger partial charge in [0.15, 0.2) is 0 Å². The number of nitrogens with zero attached hydrogens (tertiary/aromatic N) is 3. The van der Waals surface area contributed by atoms with E-state index in [4.69, 9.17) is 4.74 Å². The van der Waals surface area contributed by atoms with Crippen molar-refractivity contribution in [3.05, 3.63) is 105 Å². The first-order chi connectivity index (χ1) is 19.1. The zero-order valence-corrected chi connectivity index (χ0v) is 24.8. The van der Waals surface area contributed by atoms with Crippen LogP contribution < -0.4 is 0 Å². The fourth-order valence-corrected chi connectivity index (χ4v) is 6.46. The summed E-state index contributed by atoms with van der Waals surface area (Å²) in [7, 11) is 2.14. The Kier molecular flexibility index (Phi) is 7.96. The average Bonchev–Trinajstić information content (AvgIpc) is 3.23. The van der Waals surface area contributed by atoms with Crippen LogP contribution >= 0.6 is 11.8 Å². The van der Waals surface area contributed by atoms with Gasteiger partial charge in [-0.25, -0.2) is 4.79 Å². The predicted octanol–water partition coefficient (Wildman–Crippen LogP) is 8.02. The van der Waals surface area contributed by atoms with Gasteiger partial charge in [0.25, 0.3) is 0 Å². The summed E-state index contributed by atoms with van der Waals surface area (Å²) in [5.74, 6) is 0. The van der Waals surface area contributed by atoms with Gasteiger partial charge < -0.3 is 14.5 Å². The lowest BCUT2D eigenvalue weighted by molar-refractivity contribution is 0.0270. The molecule has 1 atom stereocenters. The molecule has 0 spiro atoms. The molecule has 3 aliphatic rings. The molecule has 2 aromatic rings. The number of amides is 1. The van der Waals surface area contributed by atoms with E-state index in [0.29, 0.717) is 18.0 Å². The monoisotopic (exact) mass is 551 g/mol. The SMILES string of the molecule is Cc1ccc(C2=C(C#N)SC(N(C)C3CCc4ccc(C5=CCN(C(=O)OC(C)(C)C)CC5)cc43)=CC=C2)cc1. The first kappa shape index (κ1) is 27.9. The number of hydrogen-bond acceptors (Lipinski definition) is 5. The van der Waals surface area contributed by atoms with Gasteiger partial charge in [-0.2, -0.15) is 5.26 Å². The fraction of sp³-hybridized carbons (Fsp3) is 0.353. The van der Waals surface area contributed by atoms with E-state index in [1.54, 1.807) is 16.7 Å². The average molecular weight is 552 g/mol. The molecule has 6 heteroatoms. The molecule has 5 nitrogen and oxygen atoms in total. The van der Waals surface area contributed by atoms with E-state index in [0.717, 1.165) is 35.4 Å². The van der Waals surface area contributed by atoms with Gasteiger partial charge in [0.2, 0.25) is 0 Å². The van der Waals surface area contributed by atoms with Crippen LogP contribution in [0.3, 0.4) is 0 Å². The Balaban J connectivity index is 1.33. The summed E-state index contributed by atoms with van der Waals surface area (Å²) < 4.78 is 5.55. The van der Waals surface area contributed by atoms with E-state index in [2.05, 4.69) is 85.6 Å². The number of rotatable bonds is 4. The number of carbonyl (C=O) groups excluding carboxylic acids is 1. The Bertz CT molecular complexity index is 1470. The molecule has 0 fully saturated rings. The third-order valence-corrected chi connectivity index (χ3v) is 8.80. The summed E-state index contributed by atoms with van der Waals surface area (Å²) in [6, 6.07) is 17.9. The Morgan fingerprint density at radius 1 is 1.12 bits per heavy atom. The second-order valence-electron chi connectivity index (χ2n) is 11.7. The standard InChI is InChI=1S/C34H37N3O2S/c1-23-9-11-25(12-10-23)28-7-6-8-32(40-31(28)22-35)36(5)30-16-15-26-13-14-27(21-29(26)30)24-17-19-37(20-18-24)33(38)39-34(2,3)4/h6-14,17,21,30H,15-16,18-20H2,1-5H3. The molecular formula is C34H37N3O2S. The van der Waals surface area contributed by atoms with E-state index in [9.17, 15) is 10.1 Å². The van der Waals surface area contributed by atoms with Crippen molar-refractivity contribution in [1.29, 1.82) is 5.26 Å².